The molecule has 0 atom stereocenters. The molecule has 4 heteroatoms. The molecule has 2 N–H and O–H groups in total. The first kappa shape index (κ1) is 23.6. The molecule has 4 aromatic rings. The molecular formula is C32H32N4. The summed E-state index contributed by atoms with van der Waals surface area (Å²) >= 11 is 0. The molecule has 0 saturated heterocycles. The van der Waals surface area contributed by atoms with Gasteiger partial charge in [0.25, 0.3) is 0 Å². The number of nitrogens with zero attached hydrogens (tertiary/aromatic N) is 2. The minimum absolute atomic E-state index is 0.203. The highest BCUT2D eigenvalue weighted by molar-refractivity contribution is 6.34. The summed E-state index contributed by atoms with van der Waals surface area (Å²) in [6.45, 7) is 8.86. The summed E-state index contributed by atoms with van der Waals surface area (Å²) in [4.78, 5) is 10.1. The Balaban J connectivity index is 1.32. The van der Waals surface area contributed by atoms with E-state index in [2.05, 4.69) is 111 Å². The smallest absolute Gasteiger partial charge is 0.0631 e. The first-order valence-electron chi connectivity index (χ1n) is 12.4. The summed E-state index contributed by atoms with van der Waals surface area (Å²) < 4.78 is 0. The number of nitrogens with one attached hydrogen (secondary N) is 2. The van der Waals surface area contributed by atoms with Gasteiger partial charge in [0, 0.05) is 45.0 Å². The number of anilines is 4. The second kappa shape index (κ2) is 9.46. The number of aliphatic imine (C=N–C) groups is 2. The van der Waals surface area contributed by atoms with Gasteiger partial charge in [-0.05, 0) is 100 Å². The first-order valence-corrected chi connectivity index (χ1v) is 12.4. The van der Waals surface area contributed by atoms with Crippen molar-refractivity contribution >= 4 is 45.5 Å². The average Bonchev–Trinajstić information content (AvgIpc) is 2.88. The maximum Gasteiger partial charge on any atom is 0.0631 e. The molecule has 1 aliphatic carbocycles. The van der Waals surface area contributed by atoms with Gasteiger partial charge < -0.3 is 10.6 Å². The molecule has 1 saturated carbocycles. The Kier molecular flexibility index (Phi) is 6.19. The number of rotatable bonds is 6. The zero-order valence-corrected chi connectivity index (χ0v) is 21.3. The third-order valence-corrected chi connectivity index (χ3v) is 6.71. The van der Waals surface area contributed by atoms with Crippen molar-refractivity contribution < 1.29 is 0 Å². The van der Waals surface area contributed by atoms with Gasteiger partial charge in [-0.3, -0.25) is 9.98 Å². The van der Waals surface area contributed by atoms with Crippen molar-refractivity contribution in [3.05, 3.63) is 109 Å². The van der Waals surface area contributed by atoms with E-state index in [0.29, 0.717) is 0 Å². The van der Waals surface area contributed by atoms with Crippen molar-refractivity contribution in [2.75, 3.05) is 10.6 Å². The standard InChI is InChI=1S/C32H32N4/c1-31(2)29(35-27-19-15-25(16-20-27)33-23-11-7-5-8-12-23)32(3,4)30(31)36-28-21-17-26(18-22-28)34-24-13-9-6-10-14-24/h5-22,33-34H,1-4H3. The maximum atomic E-state index is 5.07. The van der Waals surface area contributed by atoms with Crippen LogP contribution in [0, 0.1) is 10.8 Å². The van der Waals surface area contributed by atoms with E-state index in [4.69, 9.17) is 9.98 Å². The molecule has 0 aliphatic heterocycles. The lowest BCUT2D eigenvalue weighted by atomic mass is 9.52. The Morgan fingerprint density at radius 1 is 0.417 bits per heavy atom. The molecule has 5 rings (SSSR count). The monoisotopic (exact) mass is 472 g/mol. The third-order valence-electron chi connectivity index (χ3n) is 6.71. The Bertz CT molecular complexity index is 1260. The maximum absolute atomic E-state index is 5.07. The predicted octanol–water partition coefficient (Wildman–Crippen LogP) is 9.09. The molecule has 180 valence electrons. The van der Waals surface area contributed by atoms with E-state index in [-0.39, 0.29) is 10.8 Å². The van der Waals surface area contributed by atoms with Crippen LogP contribution in [0.1, 0.15) is 27.7 Å². The van der Waals surface area contributed by atoms with Crippen molar-refractivity contribution in [2.24, 2.45) is 20.8 Å². The largest absolute Gasteiger partial charge is 0.356 e. The molecular weight excluding hydrogens is 440 g/mol. The second-order valence-corrected chi connectivity index (χ2v) is 10.2. The minimum atomic E-state index is -0.203. The van der Waals surface area contributed by atoms with Crippen LogP contribution in [-0.4, -0.2) is 11.4 Å². The van der Waals surface area contributed by atoms with Gasteiger partial charge in [0.2, 0.25) is 0 Å². The Hall–Kier alpha value is -4.18. The normalized spacial score (nSPS) is 15.6. The number of hydrogen-bond donors (Lipinski definition) is 2. The molecule has 0 bridgehead atoms. The van der Waals surface area contributed by atoms with E-state index in [1.807, 2.05) is 36.4 Å². The summed E-state index contributed by atoms with van der Waals surface area (Å²) in [5.41, 5.74) is 8.05. The molecule has 0 amide bonds. The van der Waals surface area contributed by atoms with E-state index >= 15 is 0 Å². The number of benzene rings is 4. The average molecular weight is 473 g/mol. The van der Waals surface area contributed by atoms with Gasteiger partial charge in [-0.15, -0.1) is 0 Å². The van der Waals surface area contributed by atoms with Crippen LogP contribution < -0.4 is 10.6 Å². The van der Waals surface area contributed by atoms with Crippen molar-refractivity contribution in [1.82, 2.24) is 0 Å². The lowest BCUT2D eigenvalue weighted by molar-refractivity contribution is 0.491. The van der Waals surface area contributed by atoms with Gasteiger partial charge in [0.05, 0.1) is 11.4 Å². The highest BCUT2D eigenvalue weighted by Gasteiger charge is 2.56. The van der Waals surface area contributed by atoms with Crippen LogP contribution in [0.4, 0.5) is 34.1 Å². The Labute approximate surface area is 213 Å². The van der Waals surface area contributed by atoms with Crippen molar-refractivity contribution in [3.8, 4) is 0 Å². The highest BCUT2D eigenvalue weighted by Crippen LogP contribution is 2.50. The molecule has 4 nitrogen and oxygen atoms in total. The lowest BCUT2D eigenvalue weighted by Crippen LogP contribution is -2.61. The van der Waals surface area contributed by atoms with Gasteiger partial charge in [-0.25, -0.2) is 0 Å². The van der Waals surface area contributed by atoms with E-state index in [0.717, 1.165) is 45.5 Å². The van der Waals surface area contributed by atoms with Crippen LogP contribution in [0.15, 0.2) is 119 Å². The molecule has 0 unspecified atom stereocenters. The predicted molar refractivity (Wildman–Crippen MR) is 154 cm³/mol. The zero-order valence-electron chi connectivity index (χ0n) is 21.3. The summed E-state index contributed by atoms with van der Waals surface area (Å²) in [5.74, 6) is 0. The van der Waals surface area contributed by atoms with Crippen LogP contribution in [0.2, 0.25) is 0 Å². The van der Waals surface area contributed by atoms with Gasteiger partial charge in [0.15, 0.2) is 0 Å². The second-order valence-electron chi connectivity index (χ2n) is 10.2. The molecule has 36 heavy (non-hydrogen) atoms. The van der Waals surface area contributed by atoms with Gasteiger partial charge in [-0.1, -0.05) is 36.4 Å². The van der Waals surface area contributed by atoms with Gasteiger partial charge in [-0.2, -0.15) is 0 Å². The van der Waals surface area contributed by atoms with Crippen LogP contribution in [0.25, 0.3) is 0 Å². The topological polar surface area (TPSA) is 48.8 Å². The van der Waals surface area contributed by atoms with Crippen LogP contribution in [0.5, 0.6) is 0 Å². The fraction of sp³-hybridized carbons (Fsp3) is 0.188. The van der Waals surface area contributed by atoms with Crippen molar-refractivity contribution in [2.45, 2.75) is 27.7 Å². The third kappa shape index (κ3) is 4.80. The molecule has 0 aromatic heterocycles. The molecule has 0 heterocycles. The van der Waals surface area contributed by atoms with E-state index in [1.165, 1.54) is 0 Å². The van der Waals surface area contributed by atoms with E-state index in [9.17, 15) is 0 Å². The van der Waals surface area contributed by atoms with Crippen LogP contribution in [-0.2, 0) is 0 Å². The first-order chi connectivity index (χ1) is 17.3. The molecule has 4 aromatic carbocycles. The molecule has 1 fully saturated rings. The molecule has 1 aliphatic rings. The number of para-hydroxylation sites is 2. The van der Waals surface area contributed by atoms with Crippen molar-refractivity contribution in [3.63, 3.8) is 0 Å². The van der Waals surface area contributed by atoms with Gasteiger partial charge in [0.1, 0.15) is 0 Å². The Morgan fingerprint density at radius 3 is 1.06 bits per heavy atom. The van der Waals surface area contributed by atoms with Crippen LogP contribution >= 0.6 is 0 Å². The fourth-order valence-electron chi connectivity index (χ4n) is 5.16. The van der Waals surface area contributed by atoms with Crippen LogP contribution in [0.3, 0.4) is 0 Å². The quantitative estimate of drug-likeness (QED) is 0.294. The summed E-state index contributed by atoms with van der Waals surface area (Å²) in [6, 6.07) is 36.9. The zero-order chi connectivity index (χ0) is 25.2. The molecule has 0 spiro atoms. The van der Waals surface area contributed by atoms with Crippen molar-refractivity contribution in [1.29, 1.82) is 0 Å². The van der Waals surface area contributed by atoms with E-state index in [1.54, 1.807) is 0 Å². The SMILES string of the molecule is CC1(C)C(=Nc2ccc(Nc3ccccc3)cc2)C(C)(C)C1=Nc1ccc(Nc2ccccc2)cc1. The summed E-state index contributed by atoms with van der Waals surface area (Å²) in [5, 5.41) is 6.85. The Morgan fingerprint density at radius 2 is 0.722 bits per heavy atom. The summed E-state index contributed by atoms with van der Waals surface area (Å²) in [7, 11) is 0. The summed E-state index contributed by atoms with van der Waals surface area (Å²) in [6.07, 6.45) is 0. The minimum Gasteiger partial charge on any atom is -0.356 e. The van der Waals surface area contributed by atoms with E-state index < -0.39 is 0 Å². The highest BCUT2D eigenvalue weighted by atomic mass is 14.9. The number of hydrogen-bond acceptors (Lipinski definition) is 4. The molecule has 0 radical (unpaired) electrons. The van der Waals surface area contributed by atoms with Gasteiger partial charge >= 0.3 is 0 Å². The fourth-order valence-corrected chi connectivity index (χ4v) is 5.16. The lowest BCUT2D eigenvalue weighted by Gasteiger charge is -2.52.